The van der Waals surface area contributed by atoms with E-state index < -0.39 is 5.41 Å². The molecule has 3 rings (SSSR count). The van der Waals surface area contributed by atoms with Crippen LogP contribution in [0, 0.1) is 5.41 Å². The molecule has 1 N–H and O–H groups in total. The topological polar surface area (TPSA) is 49.4 Å². The highest BCUT2D eigenvalue weighted by Gasteiger charge is 2.41. The summed E-state index contributed by atoms with van der Waals surface area (Å²) in [6, 6.07) is 18.8. The zero-order valence-corrected chi connectivity index (χ0v) is 18.8. The lowest BCUT2D eigenvalue weighted by atomic mass is 9.73. The van der Waals surface area contributed by atoms with E-state index >= 15 is 0 Å². The van der Waals surface area contributed by atoms with Gasteiger partial charge in [-0.25, -0.2) is 0 Å². The van der Waals surface area contributed by atoms with Crippen molar-refractivity contribution in [2.24, 2.45) is 5.41 Å². The van der Waals surface area contributed by atoms with Crippen molar-refractivity contribution in [1.82, 2.24) is 10.2 Å². The molecule has 2 aromatic rings. The molecule has 4 heteroatoms. The summed E-state index contributed by atoms with van der Waals surface area (Å²) >= 11 is 0. The summed E-state index contributed by atoms with van der Waals surface area (Å²) in [5.74, 6) is 0.145. The average Bonchev–Trinajstić information content (AvgIpc) is 2.80. The van der Waals surface area contributed by atoms with Crippen LogP contribution in [0.15, 0.2) is 66.7 Å². The summed E-state index contributed by atoms with van der Waals surface area (Å²) in [6.45, 7) is 5.86. The van der Waals surface area contributed by atoms with Gasteiger partial charge >= 0.3 is 0 Å². The first kappa shape index (κ1) is 22.8. The van der Waals surface area contributed by atoms with Crippen LogP contribution in [-0.2, 0) is 28.9 Å². The molecule has 2 aromatic carbocycles. The van der Waals surface area contributed by atoms with E-state index in [4.69, 9.17) is 0 Å². The predicted molar refractivity (Wildman–Crippen MR) is 126 cm³/mol. The van der Waals surface area contributed by atoms with Crippen molar-refractivity contribution < 1.29 is 9.59 Å². The van der Waals surface area contributed by atoms with E-state index in [-0.39, 0.29) is 11.8 Å². The van der Waals surface area contributed by atoms with Gasteiger partial charge in [0, 0.05) is 19.6 Å². The van der Waals surface area contributed by atoms with Crippen molar-refractivity contribution in [3.8, 4) is 0 Å². The van der Waals surface area contributed by atoms with Crippen LogP contribution in [0.1, 0.15) is 43.4 Å². The molecule has 31 heavy (non-hydrogen) atoms. The standard InChI is InChI=1S/C27H34N2O2/c1-3-8-25(30)29-19-16-27(17-20-29,21-24-9-6-5-7-10-24)26(31)28-18-15-23-13-11-22(4-2)12-14-23/h3,5-14H,4,15-21H2,1-2H3,(H,28,31)/b8-3+. The SMILES string of the molecule is C/C=C/C(=O)N1CCC(Cc2ccccc2)(C(=O)NCCc2ccc(CC)cc2)CC1. The second-order valence-corrected chi connectivity index (χ2v) is 8.44. The molecular weight excluding hydrogens is 384 g/mol. The van der Waals surface area contributed by atoms with E-state index in [0.717, 1.165) is 12.8 Å². The first-order valence-electron chi connectivity index (χ1n) is 11.4. The number of amides is 2. The van der Waals surface area contributed by atoms with E-state index in [1.54, 1.807) is 12.2 Å². The Balaban J connectivity index is 1.65. The molecule has 0 aliphatic carbocycles. The number of rotatable bonds is 8. The zero-order valence-electron chi connectivity index (χ0n) is 18.8. The van der Waals surface area contributed by atoms with Crippen molar-refractivity contribution in [3.63, 3.8) is 0 Å². The lowest BCUT2D eigenvalue weighted by Gasteiger charge is -2.40. The van der Waals surface area contributed by atoms with E-state index in [0.29, 0.717) is 38.9 Å². The van der Waals surface area contributed by atoms with Crippen LogP contribution in [0.5, 0.6) is 0 Å². The largest absolute Gasteiger partial charge is 0.355 e. The van der Waals surface area contributed by atoms with Gasteiger partial charge < -0.3 is 10.2 Å². The maximum Gasteiger partial charge on any atom is 0.246 e. The number of benzene rings is 2. The number of piperidine rings is 1. The monoisotopic (exact) mass is 418 g/mol. The minimum absolute atomic E-state index is 0.0340. The number of nitrogens with zero attached hydrogens (tertiary/aromatic N) is 1. The Morgan fingerprint density at radius 1 is 0.968 bits per heavy atom. The van der Waals surface area contributed by atoms with E-state index in [1.165, 1.54) is 16.7 Å². The third kappa shape index (κ3) is 6.06. The Morgan fingerprint density at radius 3 is 2.23 bits per heavy atom. The highest BCUT2D eigenvalue weighted by Crippen LogP contribution is 2.35. The Bertz CT molecular complexity index is 879. The van der Waals surface area contributed by atoms with E-state index in [1.807, 2.05) is 30.0 Å². The molecule has 2 amide bonds. The van der Waals surface area contributed by atoms with Gasteiger partial charge in [-0.05, 0) is 61.8 Å². The zero-order chi connectivity index (χ0) is 22.1. The molecule has 1 fully saturated rings. The van der Waals surface area contributed by atoms with E-state index in [9.17, 15) is 9.59 Å². The summed E-state index contributed by atoms with van der Waals surface area (Å²) in [6.07, 6.45) is 7.30. The summed E-state index contributed by atoms with van der Waals surface area (Å²) in [7, 11) is 0. The fraction of sp³-hybridized carbons (Fsp3) is 0.407. The van der Waals surface area contributed by atoms with Crippen molar-refractivity contribution in [2.45, 2.75) is 46.0 Å². The summed E-state index contributed by atoms with van der Waals surface area (Å²) in [5, 5.41) is 3.20. The number of aryl methyl sites for hydroxylation is 1. The lowest BCUT2D eigenvalue weighted by molar-refractivity contribution is -0.138. The van der Waals surface area contributed by atoms with Gasteiger partial charge in [-0.15, -0.1) is 0 Å². The van der Waals surface area contributed by atoms with Crippen LogP contribution in [0.2, 0.25) is 0 Å². The second-order valence-electron chi connectivity index (χ2n) is 8.44. The van der Waals surface area contributed by atoms with Gasteiger partial charge in [0.1, 0.15) is 0 Å². The summed E-state index contributed by atoms with van der Waals surface area (Å²) in [4.78, 5) is 27.5. The Labute approximate surface area is 186 Å². The van der Waals surface area contributed by atoms with Crippen molar-refractivity contribution in [1.29, 1.82) is 0 Å². The molecule has 0 spiro atoms. The molecular formula is C27H34N2O2. The molecule has 4 nitrogen and oxygen atoms in total. The number of carbonyl (C=O) groups is 2. The number of nitrogens with one attached hydrogen (secondary N) is 1. The molecule has 0 saturated carbocycles. The Kier molecular flexibility index (Phi) is 8.05. The van der Waals surface area contributed by atoms with Crippen molar-refractivity contribution in [2.75, 3.05) is 19.6 Å². The predicted octanol–water partition coefficient (Wildman–Crippen LogP) is 4.34. The Morgan fingerprint density at radius 2 is 1.61 bits per heavy atom. The highest BCUT2D eigenvalue weighted by molar-refractivity contribution is 5.88. The van der Waals surface area contributed by atoms with Crippen LogP contribution >= 0.6 is 0 Å². The quantitative estimate of drug-likeness (QED) is 0.649. The first-order chi connectivity index (χ1) is 15.1. The Hall–Kier alpha value is -2.88. The molecule has 0 unspecified atom stereocenters. The maximum atomic E-state index is 13.4. The summed E-state index contributed by atoms with van der Waals surface area (Å²) < 4.78 is 0. The normalized spacial score (nSPS) is 15.7. The van der Waals surface area contributed by atoms with Gasteiger partial charge in [0.05, 0.1) is 5.41 Å². The molecule has 0 atom stereocenters. The minimum Gasteiger partial charge on any atom is -0.355 e. The van der Waals surface area contributed by atoms with Gasteiger partial charge in [0.15, 0.2) is 0 Å². The third-order valence-corrected chi connectivity index (χ3v) is 6.34. The second kappa shape index (κ2) is 10.9. The smallest absolute Gasteiger partial charge is 0.246 e. The summed E-state index contributed by atoms with van der Waals surface area (Å²) in [5.41, 5.74) is 3.26. The van der Waals surface area contributed by atoms with Gasteiger partial charge in [0.2, 0.25) is 11.8 Å². The van der Waals surface area contributed by atoms with Crippen LogP contribution in [0.25, 0.3) is 0 Å². The minimum atomic E-state index is -0.472. The molecule has 0 bridgehead atoms. The van der Waals surface area contributed by atoms with Crippen molar-refractivity contribution in [3.05, 3.63) is 83.4 Å². The molecule has 164 valence electrons. The number of hydrogen-bond acceptors (Lipinski definition) is 2. The first-order valence-corrected chi connectivity index (χ1v) is 11.4. The fourth-order valence-electron chi connectivity index (χ4n) is 4.32. The number of allylic oxidation sites excluding steroid dienone is 1. The highest BCUT2D eigenvalue weighted by atomic mass is 16.2. The fourth-order valence-corrected chi connectivity index (χ4v) is 4.32. The maximum absolute atomic E-state index is 13.4. The molecule has 1 saturated heterocycles. The van der Waals surface area contributed by atoms with Gasteiger partial charge in [-0.1, -0.05) is 67.6 Å². The molecule has 0 radical (unpaired) electrons. The number of carbonyl (C=O) groups excluding carboxylic acids is 2. The molecule has 1 aliphatic rings. The van der Waals surface area contributed by atoms with Crippen LogP contribution < -0.4 is 5.32 Å². The van der Waals surface area contributed by atoms with Crippen LogP contribution in [-0.4, -0.2) is 36.3 Å². The molecule has 0 aromatic heterocycles. The average molecular weight is 419 g/mol. The van der Waals surface area contributed by atoms with Crippen LogP contribution in [0.4, 0.5) is 0 Å². The molecule has 1 aliphatic heterocycles. The third-order valence-electron chi connectivity index (χ3n) is 6.34. The molecule has 1 heterocycles. The number of likely N-dealkylation sites (tertiary alicyclic amines) is 1. The lowest BCUT2D eigenvalue weighted by Crippen LogP contribution is -2.51. The van der Waals surface area contributed by atoms with Gasteiger partial charge in [-0.3, -0.25) is 9.59 Å². The van der Waals surface area contributed by atoms with Crippen LogP contribution in [0.3, 0.4) is 0 Å². The van der Waals surface area contributed by atoms with Gasteiger partial charge in [0.25, 0.3) is 0 Å². The van der Waals surface area contributed by atoms with Crippen molar-refractivity contribution >= 4 is 11.8 Å². The number of hydrogen-bond donors (Lipinski definition) is 1. The van der Waals surface area contributed by atoms with Gasteiger partial charge in [-0.2, -0.15) is 0 Å². The van der Waals surface area contributed by atoms with E-state index in [2.05, 4.69) is 48.6 Å².